The van der Waals surface area contributed by atoms with Gasteiger partial charge in [-0.1, -0.05) is 41.9 Å². The Hall–Kier alpha value is -2.10. The molecule has 0 aliphatic carbocycles. The van der Waals surface area contributed by atoms with Crippen LogP contribution in [0.4, 0.5) is 0 Å². The number of nitrogens with zero attached hydrogens (tertiary/aromatic N) is 1. The molecule has 0 saturated heterocycles. The molecule has 0 saturated carbocycles. The second-order valence-electron chi connectivity index (χ2n) is 5.99. The predicted octanol–water partition coefficient (Wildman–Crippen LogP) is 5.04. The first kappa shape index (κ1) is 16.7. The molecule has 0 N–H and O–H groups in total. The SMILES string of the molecule is COCC(C)n1c(C)c(C(=O)c2ccccc2)c2cc(Cl)ccc21. The molecular weight excluding hydrogens is 322 g/mol. The number of hydrogen-bond acceptors (Lipinski definition) is 2. The number of rotatable bonds is 5. The van der Waals surface area contributed by atoms with Gasteiger partial charge in [-0.2, -0.15) is 0 Å². The third kappa shape index (κ3) is 2.85. The molecule has 124 valence electrons. The van der Waals surface area contributed by atoms with Crippen molar-refractivity contribution in [3.63, 3.8) is 0 Å². The van der Waals surface area contributed by atoms with Crippen molar-refractivity contribution in [2.24, 2.45) is 0 Å². The summed E-state index contributed by atoms with van der Waals surface area (Å²) in [6.45, 7) is 4.64. The van der Waals surface area contributed by atoms with Crippen molar-refractivity contribution >= 4 is 28.3 Å². The maximum absolute atomic E-state index is 13.1. The van der Waals surface area contributed by atoms with Crippen LogP contribution in [-0.2, 0) is 4.74 Å². The molecule has 1 heterocycles. The van der Waals surface area contributed by atoms with Crippen molar-refractivity contribution in [1.82, 2.24) is 4.57 Å². The summed E-state index contributed by atoms with van der Waals surface area (Å²) in [5.41, 5.74) is 3.33. The van der Waals surface area contributed by atoms with E-state index in [9.17, 15) is 4.79 Å². The van der Waals surface area contributed by atoms with E-state index in [0.29, 0.717) is 22.8 Å². The van der Waals surface area contributed by atoms with Gasteiger partial charge in [0.1, 0.15) is 0 Å². The van der Waals surface area contributed by atoms with Crippen LogP contribution >= 0.6 is 11.6 Å². The van der Waals surface area contributed by atoms with Crippen molar-refractivity contribution in [2.45, 2.75) is 19.9 Å². The number of ether oxygens (including phenoxy) is 1. The summed E-state index contributed by atoms with van der Waals surface area (Å²) in [6.07, 6.45) is 0. The van der Waals surface area contributed by atoms with E-state index in [-0.39, 0.29) is 11.8 Å². The lowest BCUT2D eigenvalue weighted by molar-refractivity contribution is 0.103. The zero-order valence-corrected chi connectivity index (χ0v) is 14.8. The summed E-state index contributed by atoms with van der Waals surface area (Å²) >= 11 is 6.20. The van der Waals surface area contributed by atoms with Gasteiger partial charge in [0.2, 0.25) is 0 Å². The Labute approximate surface area is 146 Å². The first-order chi connectivity index (χ1) is 11.5. The Kier molecular flexibility index (Phi) is 4.74. The number of ketones is 1. The van der Waals surface area contributed by atoms with E-state index < -0.39 is 0 Å². The quantitative estimate of drug-likeness (QED) is 0.609. The molecule has 24 heavy (non-hydrogen) atoms. The molecule has 1 unspecified atom stereocenters. The molecule has 3 nitrogen and oxygen atoms in total. The van der Waals surface area contributed by atoms with Gasteiger partial charge in [-0.05, 0) is 32.0 Å². The van der Waals surface area contributed by atoms with Crippen LogP contribution in [0.25, 0.3) is 10.9 Å². The Balaban J connectivity index is 2.25. The highest BCUT2D eigenvalue weighted by molar-refractivity contribution is 6.31. The molecule has 1 atom stereocenters. The predicted molar refractivity (Wildman–Crippen MR) is 98.1 cm³/mol. The highest BCUT2D eigenvalue weighted by atomic mass is 35.5. The zero-order valence-electron chi connectivity index (χ0n) is 14.0. The maximum atomic E-state index is 13.1. The van der Waals surface area contributed by atoms with Crippen LogP contribution < -0.4 is 0 Å². The smallest absolute Gasteiger partial charge is 0.195 e. The average molecular weight is 342 g/mol. The molecule has 0 radical (unpaired) electrons. The highest BCUT2D eigenvalue weighted by Crippen LogP contribution is 2.32. The zero-order chi connectivity index (χ0) is 17.3. The summed E-state index contributed by atoms with van der Waals surface area (Å²) in [5.74, 6) is 0.0173. The number of carbonyl (C=O) groups excluding carboxylic acids is 1. The Morgan fingerprint density at radius 3 is 2.58 bits per heavy atom. The monoisotopic (exact) mass is 341 g/mol. The molecule has 0 fully saturated rings. The van der Waals surface area contributed by atoms with Gasteiger partial charge >= 0.3 is 0 Å². The molecule has 4 heteroatoms. The molecule has 0 spiro atoms. The third-order valence-electron chi connectivity index (χ3n) is 4.32. The van der Waals surface area contributed by atoms with E-state index in [1.807, 2.05) is 55.5 Å². The van der Waals surface area contributed by atoms with Crippen LogP contribution in [0.2, 0.25) is 5.02 Å². The van der Waals surface area contributed by atoms with Crippen LogP contribution in [0.3, 0.4) is 0 Å². The van der Waals surface area contributed by atoms with Gasteiger partial charge in [0.25, 0.3) is 0 Å². The molecule has 3 rings (SSSR count). The van der Waals surface area contributed by atoms with Gasteiger partial charge in [0.15, 0.2) is 5.78 Å². The Morgan fingerprint density at radius 1 is 1.21 bits per heavy atom. The minimum Gasteiger partial charge on any atom is -0.383 e. The van der Waals surface area contributed by atoms with Gasteiger partial charge in [-0.25, -0.2) is 0 Å². The lowest BCUT2D eigenvalue weighted by atomic mass is 10.0. The lowest BCUT2D eigenvalue weighted by Gasteiger charge is -2.17. The Morgan fingerprint density at radius 2 is 1.92 bits per heavy atom. The van der Waals surface area contributed by atoms with Crippen LogP contribution in [0.1, 0.15) is 34.6 Å². The second kappa shape index (κ2) is 6.80. The Bertz CT molecular complexity index is 884. The number of fused-ring (bicyclic) bond motifs is 1. The van der Waals surface area contributed by atoms with Crippen LogP contribution in [0.5, 0.6) is 0 Å². The minimum absolute atomic E-state index is 0.0173. The van der Waals surface area contributed by atoms with Crippen LogP contribution in [0, 0.1) is 6.92 Å². The molecule has 0 amide bonds. The second-order valence-corrected chi connectivity index (χ2v) is 6.43. The number of methoxy groups -OCH3 is 1. The molecule has 0 bridgehead atoms. The summed E-state index contributed by atoms with van der Waals surface area (Å²) in [7, 11) is 1.68. The topological polar surface area (TPSA) is 31.2 Å². The van der Waals surface area contributed by atoms with Crippen LogP contribution in [-0.4, -0.2) is 24.1 Å². The van der Waals surface area contributed by atoms with Crippen molar-refractivity contribution in [3.05, 3.63) is 70.4 Å². The van der Waals surface area contributed by atoms with Gasteiger partial charge in [0, 0.05) is 34.3 Å². The average Bonchev–Trinajstić information content (AvgIpc) is 2.86. The summed E-state index contributed by atoms with van der Waals surface area (Å²) in [6, 6.07) is 15.2. The van der Waals surface area contributed by atoms with E-state index >= 15 is 0 Å². The van der Waals surface area contributed by atoms with Gasteiger partial charge in [0.05, 0.1) is 18.2 Å². The minimum atomic E-state index is 0.0173. The number of carbonyl (C=O) groups is 1. The van der Waals surface area contributed by atoms with Gasteiger partial charge in [-0.3, -0.25) is 4.79 Å². The number of benzene rings is 2. The molecule has 0 aliphatic rings. The first-order valence-corrected chi connectivity index (χ1v) is 8.31. The summed E-state index contributed by atoms with van der Waals surface area (Å²) in [4.78, 5) is 13.1. The maximum Gasteiger partial charge on any atom is 0.195 e. The van der Waals surface area contributed by atoms with E-state index in [2.05, 4.69) is 11.5 Å². The summed E-state index contributed by atoms with van der Waals surface area (Å²) < 4.78 is 7.47. The van der Waals surface area contributed by atoms with Crippen molar-refractivity contribution < 1.29 is 9.53 Å². The van der Waals surface area contributed by atoms with Crippen molar-refractivity contribution in [2.75, 3.05) is 13.7 Å². The van der Waals surface area contributed by atoms with Crippen LogP contribution in [0.15, 0.2) is 48.5 Å². The number of hydrogen-bond donors (Lipinski definition) is 0. The van der Waals surface area contributed by atoms with E-state index in [4.69, 9.17) is 16.3 Å². The fraction of sp³-hybridized carbons (Fsp3) is 0.250. The normalized spacial score (nSPS) is 12.5. The number of aromatic nitrogens is 1. The highest BCUT2D eigenvalue weighted by Gasteiger charge is 2.23. The van der Waals surface area contributed by atoms with E-state index in [1.165, 1.54) is 0 Å². The molecule has 2 aromatic carbocycles. The molecular formula is C20H20ClNO2. The molecule has 0 aliphatic heterocycles. The van der Waals surface area contributed by atoms with E-state index in [0.717, 1.165) is 16.6 Å². The van der Waals surface area contributed by atoms with Crippen molar-refractivity contribution in [3.8, 4) is 0 Å². The number of halogens is 1. The fourth-order valence-electron chi connectivity index (χ4n) is 3.32. The fourth-order valence-corrected chi connectivity index (χ4v) is 3.49. The van der Waals surface area contributed by atoms with Gasteiger partial charge < -0.3 is 9.30 Å². The van der Waals surface area contributed by atoms with Gasteiger partial charge in [-0.15, -0.1) is 0 Å². The first-order valence-electron chi connectivity index (χ1n) is 7.93. The lowest BCUT2D eigenvalue weighted by Crippen LogP contribution is -2.13. The third-order valence-corrected chi connectivity index (χ3v) is 4.56. The molecule has 1 aromatic heterocycles. The summed E-state index contributed by atoms with van der Waals surface area (Å²) in [5, 5.41) is 1.51. The van der Waals surface area contributed by atoms with E-state index in [1.54, 1.807) is 7.11 Å². The standard InChI is InChI=1S/C20H20ClNO2/c1-13(12-24-3)22-14(2)19(17-11-16(21)9-10-18(17)22)20(23)15-7-5-4-6-8-15/h4-11,13H,12H2,1-3H3. The molecule has 3 aromatic rings. The van der Waals surface area contributed by atoms with Crippen molar-refractivity contribution in [1.29, 1.82) is 0 Å². The largest absolute Gasteiger partial charge is 0.383 e.